The summed E-state index contributed by atoms with van der Waals surface area (Å²) in [4.78, 5) is 26.4. The zero-order valence-electron chi connectivity index (χ0n) is 11.7. The molecule has 0 spiro atoms. The lowest BCUT2D eigenvalue weighted by Crippen LogP contribution is -2.52. The van der Waals surface area contributed by atoms with Crippen molar-refractivity contribution in [1.82, 2.24) is 9.80 Å². The van der Waals surface area contributed by atoms with Gasteiger partial charge in [-0.25, -0.2) is 0 Å². The van der Waals surface area contributed by atoms with Crippen LogP contribution in [0.1, 0.15) is 33.1 Å². The molecule has 5 nitrogen and oxygen atoms in total. The predicted molar refractivity (Wildman–Crippen MR) is 70.9 cm³/mol. The Balaban J connectivity index is 2.27. The van der Waals surface area contributed by atoms with Gasteiger partial charge in [-0.2, -0.15) is 0 Å². The van der Waals surface area contributed by atoms with E-state index in [4.69, 9.17) is 5.73 Å². The largest absolute Gasteiger partial charge is 0.335 e. The molecule has 0 unspecified atom stereocenters. The van der Waals surface area contributed by atoms with Crippen LogP contribution in [0.25, 0.3) is 0 Å². The number of carbonyl (C=O) groups is 2. The number of carbonyl (C=O) groups excluding carboxylic acids is 2. The molecule has 1 fully saturated rings. The number of nitrogens with two attached hydrogens (primary N) is 1. The number of piperazine rings is 1. The van der Waals surface area contributed by atoms with Gasteiger partial charge in [0, 0.05) is 13.6 Å². The summed E-state index contributed by atoms with van der Waals surface area (Å²) in [6.45, 7) is 6.11. The lowest BCUT2D eigenvalue weighted by Gasteiger charge is -2.32. The van der Waals surface area contributed by atoms with Crippen LogP contribution in [-0.4, -0.2) is 54.8 Å². The average molecular weight is 255 g/mol. The van der Waals surface area contributed by atoms with Gasteiger partial charge in [0.2, 0.25) is 11.8 Å². The van der Waals surface area contributed by atoms with Crippen molar-refractivity contribution in [1.29, 1.82) is 0 Å². The van der Waals surface area contributed by atoms with Gasteiger partial charge in [0.25, 0.3) is 0 Å². The second kappa shape index (κ2) is 6.18. The number of hydrogen-bond donors (Lipinski definition) is 1. The summed E-state index contributed by atoms with van der Waals surface area (Å²) in [6, 6.07) is 0. The minimum absolute atomic E-state index is 0.0249. The molecular formula is C13H25N3O2. The number of hydrogen-bond acceptors (Lipinski definition) is 3. The summed E-state index contributed by atoms with van der Waals surface area (Å²) < 4.78 is 0. The van der Waals surface area contributed by atoms with E-state index in [1.54, 1.807) is 11.9 Å². The quantitative estimate of drug-likeness (QED) is 0.700. The van der Waals surface area contributed by atoms with Gasteiger partial charge in [0.15, 0.2) is 0 Å². The third-order valence-corrected chi connectivity index (χ3v) is 3.56. The summed E-state index contributed by atoms with van der Waals surface area (Å²) in [6.07, 6.45) is 3.03. The molecular weight excluding hydrogens is 230 g/mol. The van der Waals surface area contributed by atoms with Gasteiger partial charge < -0.3 is 15.5 Å². The molecule has 0 atom stereocenters. The van der Waals surface area contributed by atoms with E-state index in [-0.39, 0.29) is 30.3 Å². The van der Waals surface area contributed by atoms with E-state index in [1.807, 2.05) is 0 Å². The van der Waals surface area contributed by atoms with Crippen LogP contribution in [0.4, 0.5) is 0 Å². The maximum Gasteiger partial charge on any atom is 0.242 e. The van der Waals surface area contributed by atoms with Gasteiger partial charge in [-0.3, -0.25) is 9.59 Å². The SMILES string of the molecule is CN1CC(=O)N(CCCCC(C)(C)CN)CC1=O. The van der Waals surface area contributed by atoms with Crippen molar-refractivity contribution in [3.8, 4) is 0 Å². The van der Waals surface area contributed by atoms with Crippen molar-refractivity contribution < 1.29 is 9.59 Å². The van der Waals surface area contributed by atoms with E-state index in [0.29, 0.717) is 13.1 Å². The third kappa shape index (κ3) is 4.29. The van der Waals surface area contributed by atoms with Gasteiger partial charge >= 0.3 is 0 Å². The Labute approximate surface area is 109 Å². The number of likely N-dealkylation sites (N-methyl/N-ethyl adjacent to an activating group) is 1. The van der Waals surface area contributed by atoms with Crippen molar-refractivity contribution in [2.24, 2.45) is 11.1 Å². The molecule has 2 amide bonds. The topological polar surface area (TPSA) is 66.6 Å². The molecule has 0 aromatic carbocycles. The second-order valence-corrected chi connectivity index (χ2v) is 5.89. The third-order valence-electron chi connectivity index (χ3n) is 3.56. The fourth-order valence-corrected chi connectivity index (χ4v) is 1.98. The van der Waals surface area contributed by atoms with E-state index in [1.165, 1.54) is 4.90 Å². The molecule has 5 heteroatoms. The molecule has 1 aliphatic rings. The first kappa shape index (κ1) is 15.0. The Morgan fingerprint density at radius 1 is 1.17 bits per heavy atom. The Morgan fingerprint density at radius 3 is 2.44 bits per heavy atom. The summed E-state index contributed by atoms with van der Waals surface area (Å²) in [5.41, 5.74) is 5.84. The molecule has 2 N–H and O–H groups in total. The maximum absolute atomic E-state index is 11.7. The smallest absolute Gasteiger partial charge is 0.242 e. The van der Waals surface area contributed by atoms with E-state index in [0.717, 1.165) is 19.3 Å². The lowest BCUT2D eigenvalue weighted by atomic mass is 9.87. The highest BCUT2D eigenvalue weighted by atomic mass is 16.2. The summed E-state index contributed by atoms with van der Waals surface area (Å²) in [7, 11) is 1.67. The van der Waals surface area contributed by atoms with Crippen LogP contribution in [0.3, 0.4) is 0 Å². The molecule has 0 aromatic rings. The second-order valence-electron chi connectivity index (χ2n) is 5.89. The van der Waals surface area contributed by atoms with E-state index < -0.39 is 0 Å². The lowest BCUT2D eigenvalue weighted by molar-refractivity contribution is -0.148. The predicted octanol–water partition coefficient (Wildman–Crippen LogP) is 0.442. The molecule has 0 radical (unpaired) electrons. The van der Waals surface area contributed by atoms with Crippen LogP contribution in [0.15, 0.2) is 0 Å². The van der Waals surface area contributed by atoms with Gasteiger partial charge in [0.05, 0.1) is 13.1 Å². The van der Waals surface area contributed by atoms with E-state index in [9.17, 15) is 9.59 Å². The van der Waals surface area contributed by atoms with Crippen molar-refractivity contribution in [2.45, 2.75) is 33.1 Å². The van der Waals surface area contributed by atoms with Crippen LogP contribution < -0.4 is 5.73 Å². The zero-order valence-corrected chi connectivity index (χ0v) is 11.7. The first-order valence-electron chi connectivity index (χ1n) is 6.57. The molecule has 0 aliphatic carbocycles. The number of nitrogens with zero attached hydrogens (tertiary/aromatic N) is 2. The van der Waals surface area contributed by atoms with Gasteiger partial charge in [-0.05, 0) is 24.8 Å². The molecule has 0 saturated carbocycles. The fourth-order valence-electron chi connectivity index (χ4n) is 1.98. The number of rotatable bonds is 6. The van der Waals surface area contributed by atoms with Crippen LogP contribution in [0.2, 0.25) is 0 Å². The van der Waals surface area contributed by atoms with E-state index >= 15 is 0 Å². The molecule has 1 rings (SSSR count). The standard InChI is InChI=1S/C13H25N3O2/c1-13(2,10-14)6-4-5-7-16-9-11(17)15(3)8-12(16)18/h4-10,14H2,1-3H3. The van der Waals surface area contributed by atoms with Gasteiger partial charge in [-0.15, -0.1) is 0 Å². The number of amides is 2. The van der Waals surface area contributed by atoms with Crippen molar-refractivity contribution in [3.63, 3.8) is 0 Å². The summed E-state index contributed by atoms with van der Waals surface area (Å²) >= 11 is 0. The van der Waals surface area contributed by atoms with Crippen LogP contribution >= 0.6 is 0 Å². The Bertz CT molecular complexity index is 315. The molecule has 1 saturated heterocycles. The summed E-state index contributed by atoms with van der Waals surface area (Å²) in [5.74, 6) is 0.0760. The van der Waals surface area contributed by atoms with Gasteiger partial charge in [-0.1, -0.05) is 20.3 Å². The van der Waals surface area contributed by atoms with Crippen molar-refractivity contribution in [3.05, 3.63) is 0 Å². The normalized spacial score (nSPS) is 17.6. The van der Waals surface area contributed by atoms with Gasteiger partial charge in [0.1, 0.15) is 0 Å². The zero-order chi connectivity index (χ0) is 13.8. The minimum Gasteiger partial charge on any atom is -0.335 e. The first-order valence-corrected chi connectivity index (χ1v) is 6.57. The van der Waals surface area contributed by atoms with Crippen molar-refractivity contribution in [2.75, 3.05) is 33.2 Å². The van der Waals surface area contributed by atoms with Crippen LogP contribution in [0.5, 0.6) is 0 Å². The maximum atomic E-state index is 11.7. The fraction of sp³-hybridized carbons (Fsp3) is 0.846. The molecule has 0 aromatic heterocycles. The summed E-state index contributed by atoms with van der Waals surface area (Å²) in [5, 5.41) is 0. The Morgan fingerprint density at radius 2 is 1.83 bits per heavy atom. The Hall–Kier alpha value is -1.10. The first-order chi connectivity index (χ1) is 8.35. The molecule has 104 valence electrons. The Kier molecular flexibility index (Phi) is 5.14. The number of unbranched alkanes of at least 4 members (excludes halogenated alkanes) is 1. The van der Waals surface area contributed by atoms with E-state index in [2.05, 4.69) is 13.8 Å². The van der Waals surface area contributed by atoms with Crippen molar-refractivity contribution >= 4 is 11.8 Å². The molecule has 18 heavy (non-hydrogen) atoms. The minimum atomic E-state index is 0.0249. The van der Waals surface area contributed by atoms with Crippen LogP contribution in [-0.2, 0) is 9.59 Å². The average Bonchev–Trinajstić information content (AvgIpc) is 2.31. The molecule has 0 bridgehead atoms. The monoisotopic (exact) mass is 255 g/mol. The highest BCUT2D eigenvalue weighted by Gasteiger charge is 2.26. The highest BCUT2D eigenvalue weighted by molar-refractivity contribution is 5.92. The molecule has 1 aliphatic heterocycles. The molecule has 1 heterocycles. The van der Waals surface area contributed by atoms with Crippen LogP contribution in [0, 0.1) is 5.41 Å². The highest BCUT2D eigenvalue weighted by Crippen LogP contribution is 2.21.